The summed E-state index contributed by atoms with van der Waals surface area (Å²) in [5, 5.41) is 0. The van der Waals surface area contributed by atoms with Crippen LogP contribution in [0.5, 0.6) is 0 Å². The second-order valence-electron chi connectivity index (χ2n) is 5.61. The fourth-order valence-electron chi connectivity index (χ4n) is 3.24. The van der Waals surface area contributed by atoms with Gasteiger partial charge in [0.2, 0.25) is 0 Å². The van der Waals surface area contributed by atoms with Crippen molar-refractivity contribution in [1.82, 2.24) is 9.88 Å². The highest BCUT2D eigenvalue weighted by Crippen LogP contribution is 2.27. The summed E-state index contributed by atoms with van der Waals surface area (Å²) in [6.07, 6.45) is 5.78. The van der Waals surface area contributed by atoms with Crippen molar-refractivity contribution in [3.8, 4) is 0 Å². The van der Waals surface area contributed by atoms with Crippen LogP contribution in [-0.4, -0.2) is 34.7 Å². The molecule has 1 saturated heterocycles. The number of rotatable bonds is 1. The van der Waals surface area contributed by atoms with Crippen molar-refractivity contribution in [1.29, 1.82) is 0 Å². The molecule has 0 atom stereocenters. The summed E-state index contributed by atoms with van der Waals surface area (Å²) < 4.78 is 0. The number of carbonyl (C=O) groups excluding carboxylic acids is 2. The molecule has 1 aliphatic carbocycles. The average Bonchev–Trinajstić information content (AvgIpc) is 2.78. The third kappa shape index (κ3) is 2.09. The first-order valence-corrected chi connectivity index (χ1v) is 7.22. The van der Waals surface area contributed by atoms with E-state index in [2.05, 4.69) is 4.98 Å². The van der Waals surface area contributed by atoms with Crippen LogP contribution in [0.25, 0.3) is 0 Å². The summed E-state index contributed by atoms with van der Waals surface area (Å²) in [6, 6.07) is 0. The van der Waals surface area contributed by atoms with Crippen LogP contribution in [0.4, 0.5) is 0 Å². The summed E-state index contributed by atoms with van der Waals surface area (Å²) in [7, 11) is 0. The molecule has 0 bridgehead atoms. The number of amides is 1. The zero-order valence-corrected chi connectivity index (χ0v) is 11.4. The monoisotopic (exact) mass is 260 g/mol. The molecule has 2 heterocycles. The van der Waals surface area contributed by atoms with Gasteiger partial charge < -0.3 is 9.88 Å². The van der Waals surface area contributed by atoms with Crippen molar-refractivity contribution >= 4 is 11.7 Å². The van der Waals surface area contributed by atoms with E-state index in [1.54, 1.807) is 0 Å². The molecule has 1 fully saturated rings. The highest BCUT2D eigenvalue weighted by molar-refractivity contribution is 6.04. The molecule has 4 nitrogen and oxygen atoms in total. The fourth-order valence-corrected chi connectivity index (χ4v) is 3.24. The molecule has 1 aliphatic heterocycles. The number of hydrogen-bond donors (Lipinski definition) is 1. The van der Waals surface area contributed by atoms with Crippen LogP contribution in [0, 0.1) is 6.92 Å². The van der Waals surface area contributed by atoms with Gasteiger partial charge in [0.05, 0.1) is 0 Å². The maximum Gasteiger partial charge on any atom is 0.270 e. The van der Waals surface area contributed by atoms with E-state index in [1.165, 1.54) is 6.42 Å². The number of Topliss-reactive ketones (excluding diaryl/α,β-unsaturated/α-hetero) is 1. The Morgan fingerprint density at radius 3 is 2.53 bits per heavy atom. The Labute approximate surface area is 113 Å². The van der Waals surface area contributed by atoms with Crippen LogP contribution < -0.4 is 0 Å². The van der Waals surface area contributed by atoms with Crippen LogP contribution >= 0.6 is 0 Å². The molecule has 3 rings (SSSR count). The van der Waals surface area contributed by atoms with E-state index in [4.69, 9.17) is 0 Å². The summed E-state index contributed by atoms with van der Waals surface area (Å²) in [5.74, 6) is 0.257. The number of carbonyl (C=O) groups is 2. The molecule has 0 spiro atoms. The molecule has 102 valence electrons. The topological polar surface area (TPSA) is 53.2 Å². The number of hydrogen-bond acceptors (Lipinski definition) is 2. The molecule has 0 radical (unpaired) electrons. The normalized spacial score (nSPS) is 19.4. The highest BCUT2D eigenvalue weighted by atomic mass is 16.2. The highest BCUT2D eigenvalue weighted by Gasteiger charge is 2.28. The van der Waals surface area contributed by atoms with E-state index < -0.39 is 0 Å². The summed E-state index contributed by atoms with van der Waals surface area (Å²) in [6.45, 7) is 3.58. The number of likely N-dealkylation sites (tertiary alicyclic amines) is 1. The number of H-pyrrole nitrogens is 1. The third-order valence-corrected chi connectivity index (χ3v) is 4.29. The van der Waals surface area contributed by atoms with Crippen LogP contribution in [0.3, 0.4) is 0 Å². The quantitative estimate of drug-likeness (QED) is 0.843. The number of aromatic amines is 1. The lowest BCUT2D eigenvalue weighted by atomic mass is 9.93. The second-order valence-corrected chi connectivity index (χ2v) is 5.61. The van der Waals surface area contributed by atoms with E-state index in [1.807, 2.05) is 11.8 Å². The van der Waals surface area contributed by atoms with Crippen molar-refractivity contribution < 1.29 is 9.59 Å². The zero-order chi connectivity index (χ0) is 13.4. The number of fused-ring (bicyclic) bond motifs is 1. The molecule has 2 aliphatic rings. The van der Waals surface area contributed by atoms with Crippen molar-refractivity contribution in [2.24, 2.45) is 0 Å². The van der Waals surface area contributed by atoms with Crippen molar-refractivity contribution in [2.75, 3.05) is 13.1 Å². The lowest BCUT2D eigenvalue weighted by molar-refractivity contribution is 0.0718. The summed E-state index contributed by atoms with van der Waals surface area (Å²) in [4.78, 5) is 29.6. The largest absolute Gasteiger partial charge is 0.354 e. The number of nitrogens with one attached hydrogen (secondary N) is 1. The van der Waals surface area contributed by atoms with Gasteiger partial charge in [-0.05, 0) is 44.6 Å². The first-order chi connectivity index (χ1) is 9.18. The first-order valence-electron chi connectivity index (χ1n) is 7.22. The number of ketones is 1. The predicted octanol–water partition coefficient (Wildman–Crippen LogP) is 2.47. The molecule has 0 saturated carbocycles. The van der Waals surface area contributed by atoms with Crippen molar-refractivity contribution in [3.05, 3.63) is 22.5 Å². The Morgan fingerprint density at radius 2 is 1.84 bits per heavy atom. The average molecular weight is 260 g/mol. The van der Waals surface area contributed by atoms with Gasteiger partial charge in [0, 0.05) is 30.8 Å². The molecule has 4 heteroatoms. The van der Waals surface area contributed by atoms with Gasteiger partial charge in [0.25, 0.3) is 5.91 Å². The Balaban J connectivity index is 1.92. The smallest absolute Gasteiger partial charge is 0.270 e. The molecular formula is C15H20N2O2. The van der Waals surface area contributed by atoms with E-state index >= 15 is 0 Å². The second kappa shape index (κ2) is 4.83. The third-order valence-electron chi connectivity index (χ3n) is 4.29. The van der Waals surface area contributed by atoms with Crippen molar-refractivity contribution in [2.45, 2.75) is 45.4 Å². The van der Waals surface area contributed by atoms with Gasteiger partial charge in [0.15, 0.2) is 5.78 Å². The Hall–Kier alpha value is -1.58. The minimum Gasteiger partial charge on any atom is -0.354 e. The van der Waals surface area contributed by atoms with Crippen molar-refractivity contribution in [3.63, 3.8) is 0 Å². The number of nitrogens with zero attached hydrogens (tertiary/aromatic N) is 1. The lowest BCUT2D eigenvalue weighted by Crippen LogP contribution is -2.36. The fraction of sp³-hybridized carbons (Fsp3) is 0.600. The van der Waals surface area contributed by atoms with Gasteiger partial charge in [-0.15, -0.1) is 0 Å². The molecule has 19 heavy (non-hydrogen) atoms. The molecule has 1 aromatic rings. The number of aryl methyl sites for hydroxylation is 1. The van der Waals surface area contributed by atoms with Gasteiger partial charge in [-0.2, -0.15) is 0 Å². The van der Waals surface area contributed by atoms with E-state index in [0.29, 0.717) is 12.1 Å². The summed E-state index contributed by atoms with van der Waals surface area (Å²) in [5.41, 5.74) is 3.25. The maximum atomic E-state index is 12.5. The van der Waals surface area contributed by atoms with Crippen LogP contribution in [-0.2, 0) is 6.42 Å². The Morgan fingerprint density at radius 1 is 1.11 bits per heavy atom. The first kappa shape index (κ1) is 12.5. The predicted molar refractivity (Wildman–Crippen MR) is 72.6 cm³/mol. The van der Waals surface area contributed by atoms with Crippen LogP contribution in [0.2, 0.25) is 0 Å². The maximum absolute atomic E-state index is 12.5. The lowest BCUT2D eigenvalue weighted by Gasteiger charge is -2.26. The van der Waals surface area contributed by atoms with Gasteiger partial charge in [0.1, 0.15) is 5.69 Å². The van der Waals surface area contributed by atoms with E-state index in [-0.39, 0.29) is 11.7 Å². The molecule has 1 aromatic heterocycles. The van der Waals surface area contributed by atoms with Gasteiger partial charge in [-0.1, -0.05) is 0 Å². The van der Waals surface area contributed by atoms with E-state index in [9.17, 15) is 9.59 Å². The summed E-state index contributed by atoms with van der Waals surface area (Å²) >= 11 is 0. The molecule has 0 unspecified atom stereocenters. The Kier molecular flexibility index (Phi) is 3.17. The molecule has 1 N–H and O–H groups in total. The zero-order valence-electron chi connectivity index (χ0n) is 11.4. The Bertz CT molecular complexity index is 524. The van der Waals surface area contributed by atoms with E-state index in [0.717, 1.165) is 55.6 Å². The minimum absolute atomic E-state index is 0.0689. The molecular weight excluding hydrogens is 240 g/mol. The standard InChI is InChI=1S/C15H20N2O2/c1-10-13-11(6-5-7-12(13)18)16-14(10)15(19)17-8-3-2-4-9-17/h16H,2-9H2,1H3. The van der Waals surface area contributed by atoms with Crippen LogP contribution in [0.1, 0.15) is 64.2 Å². The van der Waals surface area contributed by atoms with Gasteiger partial charge in [-0.25, -0.2) is 0 Å². The van der Waals surface area contributed by atoms with Crippen LogP contribution in [0.15, 0.2) is 0 Å². The molecule has 0 aromatic carbocycles. The van der Waals surface area contributed by atoms with Gasteiger partial charge in [-0.3, -0.25) is 9.59 Å². The molecule has 1 amide bonds. The minimum atomic E-state index is 0.0689. The SMILES string of the molecule is Cc1c(C(=O)N2CCCCC2)[nH]c2c1C(=O)CCC2. The number of piperidine rings is 1. The number of aromatic nitrogens is 1. The van der Waals surface area contributed by atoms with Gasteiger partial charge >= 0.3 is 0 Å².